The summed E-state index contributed by atoms with van der Waals surface area (Å²) in [5.41, 5.74) is 9.55. The van der Waals surface area contributed by atoms with Gasteiger partial charge in [-0.25, -0.2) is 4.79 Å². The van der Waals surface area contributed by atoms with E-state index < -0.39 is 6.03 Å². The summed E-state index contributed by atoms with van der Waals surface area (Å²) in [6, 6.07) is 11.5. The van der Waals surface area contributed by atoms with Crippen molar-refractivity contribution in [2.75, 3.05) is 0 Å². The van der Waals surface area contributed by atoms with Crippen molar-refractivity contribution in [3.8, 4) is 0 Å². The molecule has 0 atom stereocenters. The van der Waals surface area contributed by atoms with Crippen molar-refractivity contribution < 1.29 is 4.79 Å². The second kappa shape index (κ2) is 3.60. The van der Waals surface area contributed by atoms with Crippen LogP contribution in [0.25, 0.3) is 21.8 Å². The second-order valence-electron chi connectivity index (χ2n) is 4.61. The van der Waals surface area contributed by atoms with Crippen molar-refractivity contribution in [1.82, 2.24) is 4.57 Å². The lowest BCUT2D eigenvalue weighted by molar-refractivity contribution is 0.252. The molecule has 1 aromatic heterocycles. The van der Waals surface area contributed by atoms with Gasteiger partial charge in [0.15, 0.2) is 0 Å². The summed E-state index contributed by atoms with van der Waals surface area (Å²) in [5.74, 6) is 0. The highest BCUT2D eigenvalue weighted by atomic mass is 16.2. The highest BCUT2D eigenvalue weighted by Crippen LogP contribution is 2.32. The summed E-state index contributed by atoms with van der Waals surface area (Å²) in [5, 5.41) is 2.19. The predicted octanol–water partition coefficient (Wildman–Crippen LogP) is 3.34. The van der Waals surface area contributed by atoms with Crippen LogP contribution in [0.2, 0.25) is 0 Å². The summed E-state index contributed by atoms with van der Waals surface area (Å²) >= 11 is 0. The Bertz CT molecular complexity index is 784. The van der Waals surface area contributed by atoms with Gasteiger partial charge in [-0.3, -0.25) is 4.57 Å². The van der Waals surface area contributed by atoms with E-state index in [0.29, 0.717) is 0 Å². The summed E-state index contributed by atoms with van der Waals surface area (Å²) < 4.78 is 1.60. The van der Waals surface area contributed by atoms with Crippen molar-refractivity contribution in [2.45, 2.75) is 13.8 Å². The number of rotatable bonds is 0. The minimum absolute atomic E-state index is 0.435. The van der Waals surface area contributed by atoms with E-state index in [1.165, 1.54) is 0 Å². The van der Waals surface area contributed by atoms with Crippen LogP contribution in [0.1, 0.15) is 11.1 Å². The molecule has 0 bridgehead atoms. The Morgan fingerprint density at radius 1 is 1.06 bits per heavy atom. The van der Waals surface area contributed by atoms with Crippen LogP contribution in [0.5, 0.6) is 0 Å². The number of primary amides is 1. The fourth-order valence-corrected chi connectivity index (χ4v) is 2.65. The zero-order valence-electron chi connectivity index (χ0n) is 10.4. The molecule has 0 unspecified atom stereocenters. The molecule has 90 valence electrons. The van der Waals surface area contributed by atoms with E-state index in [4.69, 9.17) is 5.73 Å². The summed E-state index contributed by atoms with van der Waals surface area (Å²) in [6.45, 7) is 4.06. The fraction of sp³-hybridized carbons (Fsp3) is 0.133. The minimum atomic E-state index is -0.435. The molecule has 2 N–H and O–H groups in total. The molecular weight excluding hydrogens is 224 g/mol. The number of amides is 1. The number of nitrogens with two attached hydrogens (primary N) is 1. The molecule has 0 aliphatic rings. The number of hydrogen-bond donors (Lipinski definition) is 1. The van der Waals surface area contributed by atoms with Gasteiger partial charge in [-0.05, 0) is 31.0 Å². The molecule has 0 spiro atoms. The molecule has 1 amide bonds. The molecule has 0 saturated heterocycles. The molecule has 18 heavy (non-hydrogen) atoms. The first-order valence-electron chi connectivity index (χ1n) is 5.90. The van der Waals surface area contributed by atoms with E-state index in [1.54, 1.807) is 4.57 Å². The van der Waals surface area contributed by atoms with E-state index in [9.17, 15) is 4.79 Å². The quantitative estimate of drug-likeness (QED) is 0.641. The first kappa shape index (κ1) is 10.8. The number of aromatic nitrogens is 1. The van der Waals surface area contributed by atoms with Gasteiger partial charge in [0.1, 0.15) is 0 Å². The molecule has 3 rings (SSSR count). The van der Waals surface area contributed by atoms with Gasteiger partial charge in [-0.15, -0.1) is 0 Å². The van der Waals surface area contributed by atoms with Crippen LogP contribution in [-0.2, 0) is 0 Å². The van der Waals surface area contributed by atoms with E-state index >= 15 is 0 Å². The lowest BCUT2D eigenvalue weighted by Crippen LogP contribution is -2.19. The van der Waals surface area contributed by atoms with Crippen LogP contribution in [0, 0.1) is 13.8 Å². The standard InChI is InChI=1S/C15H14N2O/c1-9-7-8-10(2)14-13(9)11-5-3-4-6-12(11)17(14)15(16)18/h3-8H,1-2H3,(H2,16,18). The number of hydrogen-bond acceptors (Lipinski definition) is 1. The van der Waals surface area contributed by atoms with Crippen molar-refractivity contribution in [3.05, 3.63) is 47.5 Å². The summed E-state index contributed by atoms with van der Waals surface area (Å²) in [7, 11) is 0. The molecule has 1 heterocycles. The number of benzene rings is 2. The number of aryl methyl sites for hydroxylation is 2. The van der Waals surface area contributed by atoms with Crippen molar-refractivity contribution in [3.63, 3.8) is 0 Å². The molecule has 2 aromatic carbocycles. The molecule has 3 heteroatoms. The molecule has 0 fully saturated rings. The van der Waals surface area contributed by atoms with Gasteiger partial charge in [0.2, 0.25) is 0 Å². The van der Waals surface area contributed by atoms with E-state index in [0.717, 1.165) is 32.9 Å². The molecule has 3 aromatic rings. The SMILES string of the molecule is Cc1ccc(C)c2c1c1ccccc1n2C(N)=O. The fourth-order valence-electron chi connectivity index (χ4n) is 2.65. The van der Waals surface area contributed by atoms with Crippen molar-refractivity contribution >= 4 is 27.8 Å². The Labute approximate surface area is 105 Å². The number of nitrogens with zero attached hydrogens (tertiary/aromatic N) is 1. The zero-order valence-corrected chi connectivity index (χ0v) is 10.4. The largest absolute Gasteiger partial charge is 0.351 e. The first-order valence-corrected chi connectivity index (χ1v) is 5.90. The summed E-state index contributed by atoms with van der Waals surface area (Å²) in [4.78, 5) is 11.7. The highest BCUT2D eigenvalue weighted by molar-refractivity contribution is 6.15. The molecule has 0 radical (unpaired) electrons. The summed E-state index contributed by atoms with van der Waals surface area (Å²) in [6.07, 6.45) is 0. The normalized spacial score (nSPS) is 11.2. The molecule has 0 saturated carbocycles. The van der Waals surface area contributed by atoms with Gasteiger partial charge < -0.3 is 5.73 Å². The molecular formula is C15H14N2O. The Kier molecular flexibility index (Phi) is 2.17. The molecule has 0 aliphatic heterocycles. The third kappa shape index (κ3) is 1.27. The monoisotopic (exact) mass is 238 g/mol. The van der Waals surface area contributed by atoms with Crippen LogP contribution in [0.4, 0.5) is 4.79 Å². The highest BCUT2D eigenvalue weighted by Gasteiger charge is 2.16. The number of carbonyl (C=O) groups excluding carboxylic acids is 1. The Balaban J connectivity index is 2.71. The van der Waals surface area contributed by atoms with E-state index in [1.807, 2.05) is 37.3 Å². The van der Waals surface area contributed by atoms with Crippen molar-refractivity contribution in [2.24, 2.45) is 5.73 Å². The molecule has 0 aliphatic carbocycles. The predicted molar refractivity (Wildman–Crippen MR) is 73.9 cm³/mol. The van der Waals surface area contributed by atoms with Crippen LogP contribution in [0.15, 0.2) is 36.4 Å². The number of fused-ring (bicyclic) bond motifs is 3. The third-order valence-electron chi connectivity index (χ3n) is 3.45. The van der Waals surface area contributed by atoms with Gasteiger partial charge in [0, 0.05) is 10.8 Å². The smallest absolute Gasteiger partial charge is 0.323 e. The van der Waals surface area contributed by atoms with E-state index in [2.05, 4.69) is 13.0 Å². The van der Waals surface area contributed by atoms with Crippen LogP contribution < -0.4 is 5.73 Å². The topological polar surface area (TPSA) is 48.0 Å². The van der Waals surface area contributed by atoms with Gasteiger partial charge in [-0.1, -0.05) is 30.3 Å². The van der Waals surface area contributed by atoms with Gasteiger partial charge in [0.25, 0.3) is 0 Å². The Morgan fingerprint density at radius 2 is 1.72 bits per heavy atom. The van der Waals surface area contributed by atoms with Gasteiger partial charge >= 0.3 is 6.03 Å². The van der Waals surface area contributed by atoms with Gasteiger partial charge in [0.05, 0.1) is 11.0 Å². The van der Waals surface area contributed by atoms with Crippen LogP contribution >= 0.6 is 0 Å². The zero-order chi connectivity index (χ0) is 12.9. The maximum Gasteiger partial charge on any atom is 0.323 e. The Morgan fingerprint density at radius 3 is 2.44 bits per heavy atom. The molecule has 3 nitrogen and oxygen atoms in total. The average Bonchev–Trinajstić information content (AvgIpc) is 2.70. The minimum Gasteiger partial charge on any atom is -0.351 e. The van der Waals surface area contributed by atoms with Gasteiger partial charge in [-0.2, -0.15) is 0 Å². The first-order chi connectivity index (χ1) is 8.61. The maximum absolute atomic E-state index is 11.7. The van der Waals surface area contributed by atoms with E-state index in [-0.39, 0.29) is 0 Å². The average molecular weight is 238 g/mol. The van der Waals surface area contributed by atoms with Crippen molar-refractivity contribution in [1.29, 1.82) is 0 Å². The second-order valence-corrected chi connectivity index (χ2v) is 4.61. The number of carbonyl (C=O) groups is 1. The van der Waals surface area contributed by atoms with Crippen LogP contribution in [0.3, 0.4) is 0 Å². The maximum atomic E-state index is 11.7. The third-order valence-corrected chi connectivity index (χ3v) is 3.45. The Hall–Kier alpha value is -2.29. The van der Waals surface area contributed by atoms with Crippen LogP contribution in [-0.4, -0.2) is 10.6 Å². The lowest BCUT2D eigenvalue weighted by atomic mass is 10.0. The number of para-hydroxylation sites is 1. The lowest BCUT2D eigenvalue weighted by Gasteiger charge is -2.04.